The van der Waals surface area contributed by atoms with E-state index in [1.54, 1.807) is 23.5 Å². The fourth-order valence-corrected chi connectivity index (χ4v) is 5.52. The summed E-state index contributed by atoms with van der Waals surface area (Å²) in [5.41, 5.74) is 2.05. The number of hydrogen-bond acceptors (Lipinski definition) is 10. The standard InChI is InChI=1S/C18H23N3O3S2.BHNS.BNS/c1-3-19-12-5-7-13(8-6-12)25-9-11-10-26-17-14(20-4-2)16(22)21(17)15(11)18(23)24;2*1-2-3/h5-8,14,17,19-20H,3-4,9-10H2,1-2H3,(H,23,24);3H;. The van der Waals surface area contributed by atoms with Crippen molar-refractivity contribution in [3.63, 3.8) is 0 Å². The minimum Gasteiger partial charge on any atom is -0.297 e. The molecule has 2 heterocycles. The number of fused-ring (bicyclic) bond motifs is 1. The maximum Gasteiger partial charge on any atom is 0.279 e. The quantitative estimate of drug-likeness (QED) is 0.184. The fourth-order valence-electron chi connectivity index (χ4n) is 3.11. The minimum atomic E-state index is -1.02. The van der Waals surface area contributed by atoms with Gasteiger partial charge in [-0.3, -0.25) is 14.0 Å². The molecule has 2 aliphatic heterocycles. The number of anilines is 1. The summed E-state index contributed by atoms with van der Waals surface area (Å²) >= 11 is 10.2. The third-order valence-electron chi connectivity index (χ3n) is 4.32. The number of carboxylic acids is 1. The third-order valence-corrected chi connectivity index (χ3v) is 6.76. The van der Waals surface area contributed by atoms with Crippen molar-refractivity contribution in [1.29, 1.82) is 0 Å². The van der Waals surface area contributed by atoms with Crippen LogP contribution in [0, 0.1) is 0 Å². The molecule has 0 aliphatic carbocycles. The molecule has 1 amide bonds. The van der Waals surface area contributed by atoms with E-state index in [2.05, 4.69) is 60.1 Å². The van der Waals surface area contributed by atoms with Crippen molar-refractivity contribution in [3.8, 4) is 0 Å². The maximum atomic E-state index is 12.4. The zero-order valence-corrected chi connectivity index (χ0v) is 21.1. The second-order valence-electron chi connectivity index (χ2n) is 6.27. The average molecular weight is 508 g/mol. The predicted molar refractivity (Wildman–Crippen MR) is 139 cm³/mol. The second-order valence-corrected chi connectivity index (χ2v) is 8.86. The zero-order valence-electron chi connectivity index (χ0n) is 17.7. The molecule has 32 heavy (non-hydrogen) atoms. The number of likely N-dealkylation sites (N-methyl/N-ethyl adjacent to an activating group) is 1. The van der Waals surface area contributed by atoms with E-state index in [4.69, 9.17) is 0 Å². The number of carbonyl (C=O) groups is 2. The van der Waals surface area contributed by atoms with E-state index in [1.807, 2.05) is 38.1 Å². The molecule has 8 nitrogen and oxygen atoms in total. The van der Waals surface area contributed by atoms with Gasteiger partial charge in [-0.2, -0.15) is 0 Å². The Morgan fingerprint density at radius 3 is 2.47 bits per heavy atom. The van der Waals surface area contributed by atoms with E-state index in [9.17, 15) is 14.7 Å². The largest absolute Gasteiger partial charge is 0.297 e. The molecule has 3 rings (SSSR count). The van der Waals surface area contributed by atoms with Gasteiger partial charge in [0.15, 0.2) is 0 Å². The number of nitrogens with one attached hydrogen (secondary N) is 2. The van der Waals surface area contributed by atoms with Crippen LogP contribution in [-0.4, -0.2) is 73.5 Å². The summed E-state index contributed by atoms with van der Waals surface area (Å²) in [6, 6.07) is 7.82. The molecule has 1 aromatic rings. The van der Waals surface area contributed by atoms with E-state index in [1.165, 1.54) is 4.90 Å². The minimum absolute atomic E-state index is 0.110. The first-order chi connectivity index (χ1) is 15.4. The molecule has 0 aromatic heterocycles. The van der Waals surface area contributed by atoms with Crippen LogP contribution in [0.3, 0.4) is 0 Å². The zero-order chi connectivity index (χ0) is 24.1. The van der Waals surface area contributed by atoms with Crippen molar-refractivity contribution in [3.05, 3.63) is 35.5 Å². The van der Waals surface area contributed by atoms with E-state index < -0.39 is 5.97 Å². The van der Waals surface area contributed by atoms with Crippen molar-refractivity contribution < 1.29 is 14.7 Å². The first-order valence-electron chi connectivity index (χ1n) is 9.56. The van der Waals surface area contributed by atoms with Gasteiger partial charge in [-0.25, -0.2) is 4.79 Å². The Hall–Kier alpha value is -1.34. The van der Waals surface area contributed by atoms with Gasteiger partial charge in [-0.15, -0.1) is 23.5 Å². The number of amides is 1. The Labute approximate surface area is 210 Å². The van der Waals surface area contributed by atoms with Crippen molar-refractivity contribution in [2.24, 2.45) is 8.57 Å². The van der Waals surface area contributed by atoms with E-state index in [-0.39, 0.29) is 23.0 Å². The summed E-state index contributed by atoms with van der Waals surface area (Å²) < 4.78 is 5.28. The van der Waals surface area contributed by atoms with Crippen LogP contribution >= 0.6 is 36.3 Å². The van der Waals surface area contributed by atoms with Crippen LogP contribution in [0.5, 0.6) is 0 Å². The monoisotopic (exact) mass is 508 g/mol. The summed E-state index contributed by atoms with van der Waals surface area (Å²) in [5.74, 6) is 0.0495. The number of benzene rings is 1. The fraction of sp³-hybridized carbons (Fsp3) is 0.444. The number of hydrogen-bond donors (Lipinski definition) is 4. The molecule has 3 radical (unpaired) electrons. The summed E-state index contributed by atoms with van der Waals surface area (Å²) in [5, 5.41) is 15.9. The van der Waals surface area contributed by atoms with Crippen LogP contribution in [0.2, 0.25) is 0 Å². The van der Waals surface area contributed by atoms with Crippen LogP contribution in [0.4, 0.5) is 5.69 Å². The molecule has 0 spiro atoms. The van der Waals surface area contributed by atoms with Gasteiger partial charge >= 0.3 is 30.7 Å². The van der Waals surface area contributed by atoms with Crippen molar-refractivity contribution in [2.75, 3.05) is 29.9 Å². The van der Waals surface area contributed by atoms with Gasteiger partial charge in [-0.1, -0.05) is 6.92 Å². The van der Waals surface area contributed by atoms with Gasteiger partial charge < -0.3 is 15.7 Å². The van der Waals surface area contributed by atoms with Crippen LogP contribution < -0.4 is 10.6 Å². The molecule has 2 unspecified atom stereocenters. The molecule has 3 N–H and O–H groups in total. The van der Waals surface area contributed by atoms with Gasteiger partial charge in [0.1, 0.15) is 17.1 Å². The molecule has 0 saturated carbocycles. The Morgan fingerprint density at radius 2 is 1.97 bits per heavy atom. The summed E-state index contributed by atoms with van der Waals surface area (Å²) in [6.45, 7) is 5.56. The third kappa shape index (κ3) is 7.91. The summed E-state index contributed by atoms with van der Waals surface area (Å²) in [7, 11) is 8.62. The number of carbonyl (C=O) groups excluding carboxylic acids is 1. The SMILES string of the molecule is CCNc1ccc(SCC2=C(C(=O)O)N3C(=O)C(NCC)C3SC2)cc1.[B]=NS.[B]N=S. The van der Waals surface area contributed by atoms with E-state index in [0.717, 1.165) is 22.7 Å². The number of β-lactam (4-membered cyclic amide) rings is 1. The van der Waals surface area contributed by atoms with Crippen molar-refractivity contribution >= 4 is 81.9 Å². The Kier molecular flexibility index (Phi) is 13.9. The molecule has 1 fully saturated rings. The Morgan fingerprint density at radius 1 is 1.38 bits per heavy atom. The van der Waals surface area contributed by atoms with Gasteiger partial charge in [0.05, 0.1) is 0 Å². The van der Waals surface area contributed by atoms with Crippen molar-refractivity contribution in [1.82, 2.24) is 10.2 Å². The summed E-state index contributed by atoms with van der Waals surface area (Å²) in [6.07, 6.45) is 0. The average Bonchev–Trinajstić information content (AvgIpc) is 2.77. The van der Waals surface area contributed by atoms with E-state index in [0.29, 0.717) is 18.1 Å². The molecule has 1 aromatic carbocycles. The number of thiol groups is 1. The molecule has 2 aliphatic rings. The van der Waals surface area contributed by atoms with Crippen LogP contribution in [0.15, 0.2) is 49.0 Å². The van der Waals surface area contributed by atoms with Gasteiger partial charge in [-0.05, 0) is 43.3 Å². The predicted octanol–water partition coefficient (Wildman–Crippen LogP) is 2.43. The number of aliphatic carboxylic acids is 1. The topological polar surface area (TPSA) is 106 Å². The first kappa shape index (κ1) is 28.7. The number of nitrogens with zero attached hydrogens (tertiary/aromatic N) is 3. The van der Waals surface area contributed by atoms with Gasteiger partial charge in [0.25, 0.3) is 7.98 Å². The van der Waals surface area contributed by atoms with E-state index >= 15 is 0 Å². The Balaban J connectivity index is 0.000000769. The molecule has 2 atom stereocenters. The van der Waals surface area contributed by atoms with Crippen molar-refractivity contribution in [2.45, 2.75) is 30.2 Å². The number of rotatable bonds is 8. The molecule has 0 bridgehead atoms. The van der Waals surface area contributed by atoms with Crippen LogP contribution in [0.1, 0.15) is 13.8 Å². The smallest absolute Gasteiger partial charge is 0.279 e. The van der Waals surface area contributed by atoms with Gasteiger partial charge in [0.2, 0.25) is 5.91 Å². The van der Waals surface area contributed by atoms with Gasteiger partial charge in [0, 0.05) is 41.1 Å². The maximum absolute atomic E-state index is 12.4. The number of thioether (sulfide) groups is 2. The molecular weight excluding hydrogens is 484 g/mol. The molecule has 1 saturated heterocycles. The first-order valence-corrected chi connectivity index (χ1v) is 12.4. The van der Waals surface area contributed by atoms with Crippen LogP contribution in [-0.2, 0) is 22.0 Å². The molecule has 169 valence electrons. The number of carboxylic acid groups (broad SMARTS) is 1. The molecule has 14 heteroatoms. The Bertz CT molecular complexity index is 823. The normalized spacial score (nSPS) is 18.7. The summed E-state index contributed by atoms with van der Waals surface area (Å²) in [4.78, 5) is 26.7. The second kappa shape index (κ2) is 15.5. The molecular formula is C18H24B2N5O3S4. The van der Waals surface area contributed by atoms with Crippen LogP contribution in [0.25, 0.3) is 0 Å².